The molecule has 2 aromatic carbocycles. The second kappa shape index (κ2) is 10.1. The molecule has 0 radical (unpaired) electrons. The fourth-order valence-corrected chi connectivity index (χ4v) is 4.03. The van der Waals surface area contributed by atoms with Gasteiger partial charge in [-0.3, -0.25) is 0 Å². The normalized spacial score (nSPS) is 14.8. The van der Waals surface area contributed by atoms with Crippen molar-refractivity contribution in [3.63, 3.8) is 0 Å². The fraction of sp³-hybridized carbons (Fsp3) is 0.350. The van der Waals surface area contributed by atoms with E-state index >= 15 is 0 Å². The average molecular weight is 433 g/mol. The molecule has 0 bridgehead atoms. The number of aliphatic carboxylic acids is 1. The lowest BCUT2D eigenvalue weighted by Crippen LogP contribution is -2.26. The van der Waals surface area contributed by atoms with Crippen LogP contribution in [-0.2, 0) is 4.79 Å². The van der Waals surface area contributed by atoms with E-state index in [1.807, 2.05) is 13.0 Å². The van der Waals surface area contributed by atoms with Crippen molar-refractivity contribution in [2.24, 2.45) is 0 Å². The van der Waals surface area contributed by atoms with E-state index in [1.54, 1.807) is 18.2 Å². The minimum absolute atomic E-state index is 0.222. The summed E-state index contributed by atoms with van der Waals surface area (Å²) in [7, 11) is 0. The van der Waals surface area contributed by atoms with Gasteiger partial charge in [0.1, 0.15) is 11.6 Å². The lowest BCUT2D eigenvalue weighted by atomic mass is 9.90. The van der Waals surface area contributed by atoms with Crippen LogP contribution in [0.1, 0.15) is 29.9 Å². The summed E-state index contributed by atoms with van der Waals surface area (Å²) in [6.45, 7) is 3.89. The Bertz CT molecular complexity index is 851. The number of halogens is 5. The number of carbonyl (C=O) groups is 1. The Morgan fingerprint density at radius 2 is 1.59 bits per heavy atom. The molecule has 1 aliphatic rings. The van der Waals surface area contributed by atoms with Crippen molar-refractivity contribution in [1.82, 2.24) is 5.32 Å². The highest BCUT2D eigenvalue weighted by atomic mass is 32.2. The molecule has 0 aromatic heterocycles. The zero-order valence-electron chi connectivity index (χ0n) is 15.5. The van der Waals surface area contributed by atoms with Crippen LogP contribution in [0.4, 0.5) is 22.0 Å². The molecule has 1 saturated heterocycles. The van der Waals surface area contributed by atoms with Crippen molar-refractivity contribution in [3.8, 4) is 0 Å². The molecule has 0 amide bonds. The summed E-state index contributed by atoms with van der Waals surface area (Å²) in [5, 5.41) is 10.5. The van der Waals surface area contributed by atoms with Crippen molar-refractivity contribution in [3.05, 3.63) is 59.2 Å². The summed E-state index contributed by atoms with van der Waals surface area (Å²) in [5.74, 6) is -2.75. The predicted octanol–water partition coefficient (Wildman–Crippen LogP) is 5.52. The summed E-state index contributed by atoms with van der Waals surface area (Å²) in [6.07, 6.45) is -2.94. The van der Waals surface area contributed by atoms with Gasteiger partial charge in [0, 0.05) is 9.79 Å². The highest BCUT2D eigenvalue weighted by Crippen LogP contribution is 2.38. The quantitative estimate of drug-likeness (QED) is 0.626. The van der Waals surface area contributed by atoms with Crippen molar-refractivity contribution in [2.45, 2.75) is 41.7 Å². The summed E-state index contributed by atoms with van der Waals surface area (Å²) < 4.78 is 58.7. The largest absolute Gasteiger partial charge is 0.490 e. The van der Waals surface area contributed by atoms with E-state index in [0.717, 1.165) is 41.3 Å². The molecule has 0 atom stereocenters. The first kappa shape index (κ1) is 23.2. The molecule has 1 heterocycles. The molecule has 1 fully saturated rings. The average Bonchev–Trinajstić information content (AvgIpc) is 2.65. The number of hydrogen-bond acceptors (Lipinski definition) is 3. The van der Waals surface area contributed by atoms with Gasteiger partial charge in [-0.15, -0.1) is 0 Å². The maximum Gasteiger partial charge on any atom is 0.490 e. The molecule has 158 valence electrons. The number of carboxylic acid groups (broad SMARTS) is 1. The third-order valence-electron chi connectivity index (χ3n) is 4.35. The van der Waals surface area contributed by atoms with Gasteiger partial charge in [0.2, 0.25) is 0 Å². The zero-order chi connectivity index (χ0) is 21.6. The van der Waals surface area contributed by atoms with Gasteiger partial charge in [0.05, 0.1) is 0 Å². The topological polar surface area (TPSA) is 49.3 Å². The second-order valence-corrected chi connectivity index (χ2v) is 7.60. The van der Waals surface area contributed by atoms with E-state index < -0.39 is 12.1 Å². The number of hydrogen-bond donors (Lipinski definition) is 2. The SMILES string of the molecule is Cc1cc(F)ccc1Sc1cc(F)ccc1C1CCNCC1.O=C(O)C(F)(F)F. The summed E-state index contributed by atoms with van der Waals surface area (Å²) in [6, 6.07) is 9.80. The minimum Gasteiger partial charge on any atom is -0.475 e. The first-order chi connectivity index (χ1) is 13.6. The monoisotopic (exact) mass is 433 g/mol. The zero-order valence-corrected chi connectivity index (χ0v) is 16.3. The van der Waals surface area contributed by atoms with Crippen molar-refractivity contribution in [2.75, 3.05) is 13.1 Å². The van der Waals surface area contributed by atoms with Crippen LogP contribution < -0.4 is 5.32 Å². The van der Waals surface area contributed by atoms with E-state index in [2.05, 4.69) is 5.32 Å². The molecule has 29 heavy (non-hydrogen) atoms. The number of piperidine rings is 1. The van der Waals surface area contributed by atoms with E-state index in [0.29, 0.717) is 5.92 Å². The molecule has 0 saturated carbocycles. The number of carboxylic acids is 1. The molecule has 3 rings (SSSR count). The number of alkyl halides is 3. The molecule has 0 aliphatic carbocycles. The fourth-order valence-electron chi connectivity index (χ4n) is 2.91. The van der Waals surface area contributed by atoms with Crippen LogP contribution in [0.5, 0.6) is 0 Å². The van der Waals surface area contributed by atoms with Gasteiger partial charge in [-0.1, -0.05) is 17.8 Å². The van der Waals surface area contributed by atoms with Crippen LogP contribution in [0, 0.1) is 18.6 Å². The molecular weight excluding hydrogens is 413 g/mol. The summed E-state index contributed by atoms with van der Waals surface area (Å²) >= 11 is 1.53. The van der Waals surface area contributed by atoms with Gasteiger partial charge in [-0.05, 0) is 80.2 Å². The number of rotatable bonds is 3. The van der Waals surface area contributed by atoms with Crippen LogP contribution in [0.2, 0.25) is 0 Å². The molecular formula is C20H20F5NO2S. The molecule has 0 spiro atoms. The first-order valence-electron chi connectivity index (χ1n) is 8.82. The Balaban J connectivity index is 0.000000370. The van der Waals surface area contributed by atoms with Gasteiger partial charge < -0.3 is 10.4 Å². The maximum absolute atomic E-state index is 13.7. The molecule has 3 nitrogen and oxygen atoms in total. The Labute approximate surface area is 169 Å². The molecule has 2 aromatic rings. The minimum atomic E-state index is -5.08. The van der Waals surface area contributed by atoms with E-state index in [-0.39, 0.29) is 11.6 Å². The van der Waals surface area contributed by atoms with Crippen LogP contribution in [-0.4, -0.2) is 30.3 Å². The predicted molar refractivity (Wildman–Crippen MR) is 100 cm³/mol. The Kier molecular flexibility index (Phi) is 8.04. The molecule has 1 aliphatic heterocycles. The summed E-state index contributed by atoms with van der Waals surface area (Å²) in [5.41, 5.74) is 2.09. The van der Waals surface area contributed by atoms with Crippen molar-refractivity contribution >= 4 is 17.7 Å². The van der Waals surface area contributed by atoms with Crippen LogP contribution in [0.25, 0.3) is 0 Å². The van der Waals surface area contributed by atoms with Crippen molar-refractivity contribution in [1.29, 1.82) is 0 Å². The Hall–Kier alpha value is -2.13. The maximum atomic E-state index is 13.7. The van der Waals surface area contributed by atoms with Gasteiger partial charge in [-0.2, -0.15) is 13.2 Å². The molecule has 0 unspecified atom stereocenters. The van der Waals surface area contributed by atoms with Crippen LogP contribution >= 0.6 is 11.8 Å². The lowest BCUT2D eigenvalue weighted by Gasteiger charge is -2.25. The lowest BCUT2D eigenvalue weighted by molar-refractivity contribution is -0.192. The van der Waals surface area contributed by atoms with Gasteiger partial charge in [0.15, 0.2) is 0 Å². The van der Waals surface area contributed by atoms with Crippen LogP contribution in [0.15, 0.2) is 46.2 Å². The van der Waals surface area contributed by atoms with Crippen molar-refractivity contribution < 1.29 is 31.9 Å². The van der Waals surface area contributed by atoms with Crippen LogP contribution in [0.3, 0.4) is 0 Å². The highest BCUT2D eigenvalue weighted by Gasteiger charge is 2.38. The Morgan fingerprint density at radius 3 is 2.14 bits per heavy atom. The summed E-state index contributed by atoms with van der Waals surface area (Å²) in [4.78, 5) is 10.8. The van der Waals surface area contributed by atoms with E-state index in [1.165, 1.54) is 29.5 Å². The second-order valence-electron chi connectivity index (χ2n) is 6.52. The molecule has 2 N–H and O–H groups in total. The standard InChI is InChI=1S/C18H19F2NS.C2HF3O2/c1-12-10-14(19)3-5-17(12)22-18-11-15(20)2-4-16(18)13-6-8-21-9-7-13;3-2(4,5)1(6)7/h2-5,10-11,13,21H,6-9H2,1H3;(H,6,7). The Morgan fingerprint density at radius 1 is 1.03 bits per heavy atom. The highest BCUT2D eigenvalue weighted by molar-refractivity contribution is 7.99. The number of aryl methyl sites for hydroxylation is 1. The van der Waals surface area contributed by atoms with Gasteiger partial charge in [-0.25, -0.2) is 13.6 Å². The number of benzene rings is 2. The van der Waals surface area contributed by atoms with E-state index in [4.69, 9.17) is 9.90 Å². The van der Waals surface area contributed by atoms with Gasteiger partial charge in [0.25, 0.3) is 0 Å². The first-order valence-corrected chi connectivity index (χ1v) is 9.64. The molecule has 9 heteroatoms. The third-order valence-corrected chi connectivity index (χ3v) is 5.61. The third kappa shape index (κ3) is 7.01. The van der Waals surface area contributed by atoms with Gasteiger partial charge >= 0.3 is 12.1 Å². The van der Waals surface area contributed by atoms with E-state index in [9.17, 15) is 22.0 Å². The number of nitrogens with one attached hydrogen (secondary N) is 1. The smallest absolute Gasteiger partial charge is 0.475 e.